The van der Waals surface area contributed by atoms with Crippen LogP contribution >= 0.6 is 0 Å². The standard InChI is InChI=1S/C35H48N4O9/c1-21(2)23-12-14-25(15-13-23)31(42)37-29(20-22-10-11-24-7-3-4-8-26(24)19-22)32(43)36-18-6-5-9-27(33(44)45)38-35(48)39-28(34(46)47)16-17-30(40)41/h3-4,7-8,10-11,19,21,23,25,27-29H,5-6,9,12-18,20H2,1-2H3,(H,36,43)(H,37,42)(H,40,41)(H,44,45)(H,46,47)(H2,38,39,48)/t23?,25?,27?,28-,29-/m0/s1. The average Bonchev–Trinajstić information content (AvgIpc) is 3.05. The van der Waals surface area contributed by atoms with Crippen LogP contribution < -0.4 is 21.3 Å². The van der Waals surface area contributed by atoms with Gasteiger partial charge in [0.1, 0.15) is 18.1 Å². The summed E-state index contributed by atoms with van der Waals surface area (Å²) < 4.78 is 0. The molecule has 1 aliphatic carbocycles. The van der Waals surface area contributed by atoms with Crippen molar-refractivity contribution in [3.8, 4) is 0 Å². The number of urea groups is 1. The summed E-state index contributed by atoms with van der Waals surface area (Å²) in [6, 6.07) is 9.16. The zero-order chi connectivity index (χ0) is 35.2. The fourth-order valence-electron chi connectivity index (χ4n) is 6.10. The molecule has 1 fully saturated rings. The predicted molar refractivity (Wildman–Crippen MR) is 178 cm³/mol. The lowest BCUT2D eigenvalue weighted by Crippen LogP contribution is -2.51. The van der Waals surface area contributed by atoms with Crippen molar-refractivity contribution in [3.63, 3.8) is 0 Å². The van der Waals surface area contributed by atoms with Gasteiger partial charge in [-0.2, -0.15) is 0 Å². The van der Waals surface area contributed by atoms with Gasteiger partial charge < -0.3 is 36.6 Å². The van der Waals surface area contributed by atoms with E-state index in [-0.39, 0.29) is 37.1 Å². The van der Waals surface area contributed by atoms with Gasteiger partial charge in [0, 0.05) is 25.3 Å². The highest BCUT2D eigenvalue weighted by molar-refractivity contribution is 5.89. The molecule has 48 heavy (non-hydrogen) atoms. The van der Waals surface area contributed by atoms with Gasteiger partial charge in [0.05, 0.1) is 0 Å². The molecule has 0 radical (unpaired) electrons. The Bertz CT molecular complexity index is 1440. The van der Waals surface area contributed by atoms with Crippen molar-refractivity contribution in [2.24, 2.45) is 17.8 Å². The number of aliphatic carboxylic acids is 3. The molecule has 1 aliphatic rings. The molecule has 0 bridgehead atoms. The van der Waals surface area contributed by atoms with Gasteiger partial charge in [-0.1, -0.05) is 56.3 Å². The number of hydrogen-bond acceptors (Lipinski definition) is 6. The van der Waals surface area contributed by atoms with Crippen molar-refractivity contribution in [3.05, 3.63) is 48.0 Å². The zero-order valence-corrected chi connectivity index (χ0v) is 27.6. The second-order valence-electron chi connectivity index (χ2n) is 12.9. The summed E-state index contributed by atoms with van der Waals surface area (Å²) >= 11 is 0. The third-order valence-electron chi connectivity index (χ3n) is 9.04. The molecule has 3 rings (SSSR count). The molecule has 13 heteroatoms. The number of carbonyl (C=O) groups is 6. The van der Waals surface area contributed by atoms with E-state index >= 15 is 0 Å². The summed E-state index contributed by atoms with van der Waals surface area (Å²) in [5, 5.41) is 39.8. The van der Waals surface area contributed by atoms with Crippen LogP contribution in [0.3, 0.4) is 0 Å². The van der Waals surface area contributed by atoms with Crippen LogP contribution in [0, 0.1) is 17.8 Å². The van der Waals surface area contributed by atoms with Crippen molar-refractivity contribution >= 4 is 46.5 Å². The van der Waals surface area contributed by atoms with E-state index in [0.29, 0.717) is 31.1 Å². The molecule has 1 unspecified atom stereocenters. The van der Waals surface area contributed by atoms with Crippen LogP contribution in [0.15, 0.2) is 42.5 Å². The maximum absolute atomic E-state index is 13.4. The van der Waals surface area contributed by atoms with Gasteiger partial charge in [0.25, 0.3) is 0 Å². The lowest BCUT2D eigenvalue weighted by Gasteiger charge is -2.31. The Morgan fingerprint density at radius 2 is 1.38 bits per heavy atom. The first-order chi connectivity index (χ1) is 22.8. The Balaban J connectivity index is 1.55. The van der Waals surface area contributed by atoms with E-state index in [1.54, 1.807) is 0 Å². The van der Waals surface area contributed by atoms with Gasteiger partial charge in [-0.3, -0.25) is 14.4 Å². The molecule has 3 atom stereocenters. The molecule has 0 spiro atoms. The fourth-order valence-corrected chi connectivity index (χ4v) is 6.10. The molecular weight excluding hydrogens is 620 g/mol. The molecule has 2 aromatic carbocycles. The fraction of sp³-hybridized carbons (Fsp3) is 0.543. The van der Waals surface area contributed by atoms with Crippen LogP contribution in [-0.4, -0.2) is 75.7 Å². The van der Waals surface area contributed by atoms with E-state index in [2.05, 4.69) is 35.1 Å². The lowest BCUT2D eigenvalue weighted by atomic mass is 9.76. The quantitative estimate of drug-likeness (QED) is 0.115. The number of nitrogens with one attached hydrogen (secondary N) is 4. The lowest BCUT2D eigenvalue weighted by molar-refractivity contribution is -0.141. The van der Waals surface area contributed by atoms with Crippen LogP contribution in [0.1, 0.15) is 77.2 Å². The molecule has 1 saturated carbocycles. The largest absolute Gasteiger partial charge is 0.481 e. The van der Waals surface area contributed by atoms with E-state index in [0.717, 1.165) is 42.0 Å². The van der Waals surface area contributed by atoms with Gasteiger partial charge in [-0.25, -0.2) is 14.4 Å². The van der Waals surface area contributed by atoms with Crippen molar-refractivity contribution in [1.29, 1.82) is 0 Å². The third-order valence-corrected chi connectivity index (χ3v) is 9.04. The predicted octanol–water partition coefficient (Wildman–Crippen LogP) is 3.69. The number of benzene rings is 2. The third kappa shape index (κ3) is 12.2. The van der Waals surface area contributed by atoms with E-state index in [1.165, 1.54) is 0 Å². The Hall–Kier alpha value is -4.68. The van der Waals surface area contributed by atoms with Crippen LogP contribution in [-0.2, 0) is 30.4 Å². The van der Waals surface area contributed by atoms with Gasteiger partial charge in [-0.05, 0) is 79.5 Å². The minimum Gasteiger partial charge on any atom is -0.481 e. The Kier molecular flexibility index (Phi) is 14.6. The molecule has 4 amide bonds. The number of carbonyl (C=O) groups excluding carboxylic acids is 3. The Morgan fingerprint density at radius 3 is 1.98 bits per heavy atom. The molecule has 262 valence electrons. The van der Waals surface area contributed by atoms with Gasteiger partial charge in [0.2, 0.25) is 11.8 Å². The number of hydrogen-bond donors (Lipinski definition) is 7. The maximum atomic E-state index is 13.4. The highest BCUT2D eigenvalue weighted by atomic mass is 16.4. The Labute approximate surface area is 280 Å². The van der Waals surface area contributed by atoms with Gasteiger partial charge >= 0.3 is 23.9 Å². The normalized spacial score (nSPS) is 17.9. The zero-order valence-electron chi connectivity index (χ0n) is 27.6. The first-order valence-corrected chi connectivity index (χ1v) is 16.6. The molecule has 0 heterocycles. The van der Waals surface area contributed by atoms with Crippen molar-refractivity contribution in [2.45, 2.75) is 96.2 Å². The van der Waals surface area contributed by atoms with E-state index in [4.69, 9.17) is 5.11 Å². The number of rotatable bonds is 18. The number of unbranched alkanes of at least 4 members (excludes halogenated alkanes) is 1. The van der Waals surface area contributed by atoms with E-state index in [1.807, 2.05) is 42.5 Å². The topological polar surface area (TPSA) is 211 Å². The number of amides is 4. The second kappa shape index (κ2) is 18.6. The van der Waals surface area contributed by atoms with Crippen LogP contribution in [0.2, 0.25) is 0 Å². The molecular formula is C35H48N4O9. The van der Waals surface area contributed by atoms with Gasteiger partial charge in [0.15, 0.2) is 0 Å². The monoisotopic (exact) mass is 668 g/mol. The first-order valence-electron chi connectivity index (χ1n) is 16.6. The first kappa shape index (κ1) is 37.8. The SMILES string of the molecule is CC(C)C1CCC(C(=O)N[C@@H](Cc2ccc3ccccc3c2)C(=O)NCCCCC(NC(=O)N[C@@H](CCC(=O)O)C(=O)O)C(=O)O)CC1. The summed E-state index contributed by atoms with van der Waals surface area (Å²) in [4.78, 5) is 72.8. The van der Waals surface area contributed by atoms with E-state index in [9.17, 15) is 39.0 Å². The molecule has 0 aromatic heterocycles. The smallest absolute Gasteiger partial charge is 0.326 e. The van der Waals surface area contributed by atoms with Crippen LogP contribution in [0.5, 0.6) is 0 Å². The minimum atomic E-state index is -1.50. The maximum Gasteiger partial charge on any atom is 0.326 e. The van der Waals surface area contributed by atoms with Crippen LogP contribution in [0.4, 0.5) is 4.79 Å². The van der Waals surface area contributed by atoms with Crippen molar-refractivity contribution in [2.75, 3.05) is 6.54 Å². The summed E-state index contributed by atoms with van der Waals surface area (Å²) in [6.45, 7) is 4.61. The van der Waals surface area contributed by atoms with Crippen LogP contribution in [0.25, 0.3) is 10.8 Å². The Morgan fingerprint density at radius 1 is 0.750 bits per heavy atom. The summed E-state index contributed by atoms with van der Waals surface area (Å²) in [5.74, 6) is -3.45. The van der Waals surface area contributed by atoms with Gasteiger partial charge in [-0.15, -0.1) is 0 Å². The summed E-state index contributed by atoms with van der Waals surface area (Å²) in [6.07, 6.45) is 3.67. The number of fused-ring (bicyclic) bond motifs is 1. The highest BCUT2D eigenvalue weighted by Crippen LogP contribution is 2.33. The van der Waals surface area contributed by atoms with Crippen molar-refractivity contribution in [1.82, 2.24) is 21.3 Å². The second-order valence-corrected chi connectivity index (χ2v) is 12.9. The molecule has 7 N–H and O–H groups in total. The minimum absolute atomic E-state index is 0.00178. The average molecular weight is 669 g/mol. The molecule has 2 aromatic rings. The summed E-state index contributed by atoms with van der Waals surface area (Å²) in [5.41, 5.74) is 0.902. The number of carboxylic acids is 3. The summed E-state index contributed by atoms with van der Waals surface area (Å²) in [7, 11) is 0. The molecule has 0 aliphatic heterocycles. The van der Waals surface area contributed by atoms with Crippen molar-refractivity contribution < 1.29 is 44.1 Å². The highest BCUT2D eigenvalue weighted by Gasteiger charge is 2.31. The molecule has 0 saturated heterocycles. The molecule has 13 nitrogen and oxygen atoms in total. The van der Waals surface area contributed by atoms with E-state index < -0.39 is 48.5 Å². The number of carboxylic acid groups (broad SMARTS) is 3.